The third kappa shape index (κ3) is 3.86. The van der Waals surface area contributed by atoms with Crippen LogP contribution in [-0.4, -0.2) is 21.9 Å². The van der Waals surface area contributed by atoms with Crippen LogP contribution < -0.4 is 5.73 Å². The number of hydrogen-bond donors (Lipinski definition) is 2. The van der Waals surface area contributed by atoms with Crippen molar-refractivity contribution < 1.29 is 14.3 Å². The van der Waals surface area contributed by atoms with Crippen LogP contribution in [0.5, 0.6) is 0 Å². The number of nitrogens with two attached hydrogens (primary N) is 1. The molecule has 1 aromatic rings. The quantitative estimate of drug-likeness (QED) is 0.875. The van der Waals surface area contributed by atoms with Gasteiger partial charge in [0.2, 0.25) is 0 Å². The molecule has 0 fully saturated rings. The molecule has 0 saturated heterocycles. The fourth-order valence-corrected chi connectivity index (χ4v) is 2.49. The monoisotopic (exact) mass is 291 g/mol. The van der Waals surface area contributed by atoms with Crippen LogP contribution >= 0.6 is 23.4 Å². The number of carboxylic acids is 1. The third-order valence-electron chi connectivity index (χ3n) is 2.63. The van der Waals surface area contributed by atoms with Gasteiger partial charge in [0.25, 0.3) is 0 Å². The molecule has 0 aliphatic heterocycles. The van der Waals surface area contributed by atoms with E-state index in [0.717, 1.165) is 0 Å². The molecule has 0 spiro atoms. The van der Waals surface area contributed by atoms with Crippen LogP contribution in [0, 0.1) is 5.82 Å². The van der Waals surface area contributed by atoms with Gasteiger partial charge in [0.1, 0.15) is 11.9 Å². The molecule has 1 atom stereocenters. The summed E-state index contributed by atoms with van der Waals surface area (Å²) in [6.07, 6.45) is 0. The number of benzene rings is 1. The zero-order valence-corrected chi connectivity index (χ0v) is 11.7. The molecule has 0 heterocycles. The van der Waals surface area contributed by atoms with Crippen molar-refractivity contribution in [1.82, 2.24) is 0 Å². The van der Waals surface area contributed by atoms with Crippen molar-refractivity contribution in [2.45, 2.75) is 30.4 Å². The summed E-state index contributed by atoms with van der Waals surface area (Å²) in [4.78, 5) is 10.8. The highest BCUT2D eigenvalue weighted by Crippen LogP contribution is 2.31. The summed E-state index contributed by atoms with van der Waals surface area (Å²) < 4.78 is 12.9. The van der Waals surface area contributed by atoms with Gasteiger partial charge in [-0.2, -0.15) is 0 Å². The molecule has 0 radical (unpaired) electrons. The molecule has 0 unspecified atom stereocenters. The Labute approximate surface area is 115 Å². The number of rotatable bonds is 5. The number of hydrogen-bond acceptors (Lipinski definition) is 3. The number of carboxylic acid groups (broad SMARTS) is 1. The first kappa shape index (κ1) is 15.3. The van der Waals surface area contributed by atoms with Gasteiger partial charge in [-0.05, 0) is 31.5 Å². The predicted octanol–water partition coefficient (Wildman–Crippen LogP) is 2.90. The van der Waals surface area contributed by atoms with Crippen LogP contribution in [0.4, 0.5) is 4.39 Å². The van der Waals surface area contributed by atoms with Gasteiger partial charge in [-0.1, -0.05) is 17.7 Å². The molecule has 18 heavy (non-hydrogen) atoms. The topological polar surface area (TPSA) is 63.3 Å². The fourth-order valence-electron chi connectivity index (χ4n) is 1.29. The summed E-state index contributed by atoms with van der Waals surface area (Å²) in [7, 11) is 0. The maximum absolute atomic E-state index is 13.5. The third-order valence-corrected chi connectivity index (χ3v) is 4.32. The van der Waals surface area contributed by atoms with E-state index < -0.39 is 22.6 Å². The second-order valence-corrected chi connectivity index (χ2v) is 6.51. The number of thioether (sulfide) groups is 1. The van der Waals surface area contributed by atoms with Gasteiger partial charge in [-0.15, -0.1) is 11.8 Å². The Morgan fingerprint density at radius 2 is 2.22 bits per heavy atom. The minimum Gasteiger partial charge on any atom is -0.480 e. The van der Waals surface area contributed by atoms with Crippen LogP contribution in [0.1, 0.15) is 19.4 Å². The lowest BCUT2D eigenvalue weighted by atomic mass is 10.1. The summed E-state index contributed by atoms with van der Waals surface area (Å²) in [5.41, 5.74) is 6.07. The highest BCUT2D eigenvalue weighted by molar-refractivity contribution is 7.99. The Balaban J connectivity index is 2.72. The van der Waals surface area contributed by atoms with E-state index in [1.807, 2.05) is 0 Å². The molecule has 3 N–H and O–H groups in total. The van der Waals surface area contributed by atoms with E-state index in [2.05, 4.69) is 0 Å². The molecule has 0 amide bonds. The van der Waals surface area contributed by atoms with E-state index in [4.69, 9.17) is 22.4 Å². The summed E-state index contributed by atoms with van der Waals surface area (Å²) in [6.45, 7) is 3.45. The number of carbonyl (C=O) groups is 1. The first-order valence-corrected chi connectivity index (χ1v) is 6.66. The maximum atomic E-state index is 13.5. The van der Waals surface area contributed by atoms with Crippen LogP contribution in [0.3, 0.4) is 0 Å². The Bertz CT molecular complexity index is 454. The van der Waals surface area contributed by atoms with Gasteiger partial charge in [-0.3, -0.25) is 4.79 Å². The average molecular weight is 292 g/mol. The molecule has 0 aliphatic rings. The molecule has 100 valence electrons. The lowest BCUT2D eigenvalue weighted by molar-refractivity contribution is -0.139. The standard InChI is InChI=1S/C12H15ClFNO2S/c1-12(2,10(15)11(16)17)18-6-7-3-4-8(13)5-9(7)14/h3-5,10H,6,15H2,1-2H3,(H,16,17)/t10-/m0/s1. The van der Waals surface area contributed by atoms with E-state index in [1.54, 1.807) is 26.0 Å². The van der Waals surface area contributed by atoms with Gasteiger partial charge in [0.05, 0.1) is 0 Å². The van der Waals surface area contributed by atoms with E-state index in [1.165, 1.54) is 17.8 Å². The van der Waals surface area contributed by atoms with Crippen LogP contribution in [0.25, 0.3) is 0 Å². The Hall–Kier alpha value is -0.780. The highest BCUT2D eigenvalue weighted by atomic mass is 35.5. The van der Waals surface area contributed by atoms with Gasteiger partial charge >= 0.3 is 5.97 Å². The minimum atomic E-state index is -1.07. The molecule has 0 aliphatic carbocycles. The van der Waals surface area contributed by atoms with Gasteiger partial charge in [0.15, 0.2) is 0 Å². The zero-order valence-electron chi connectivity index (χ0n) is 10.1. The molecule has 3 nitrogen and oxygen atoms in total. The Morgan fingerprint density at radius 3 is 2.72 bits per heavy atom. The normalized spacial score (nSPS) is 13.4. The Morgan fingerprint density at radius 1 is 1.61 bits per heavy atom. The van der Waals surface area contributed by atoms with Crippen molar-refractivity contribution in [1.29, 1.82) is 0 Å². The lowest BCUT2D eigenvalue weighted by Gasteiger charge is -2.28. The maximum Gasteiger partial charge on any atom is 0.321 e. The molecular formula is C12H15ClFNO2S. The van der Waals surface area contributed by atoms with Crippen molar-refractivity contribution in [2.75, 3.05) is 0 Å². The second kappa shape index (κ2) is 5.91. The minimum absolute atomic E-state index is 0.336. The summed E-state index contributed by atoms with van der Waals surface area (Å²) in [6, 6.07) is 3.43. The van der Waals surface area contributed by atoms with Crippen molar-refractivity contribution in [2.24, 2.45) is 5.73 Å². The van der Waals surface area contributed by atoms with Crippen molar-refractivity contribution >= 4 is 29.3 Å². The van der Waals surface area contributed by atoms with Crippen molar-refractivity contribution in [3.8, 4) is 0 Å². The zero-order chi connectivity index (χ0) is 13.9. The van der Waals surface area contributed by atoms with E-state index in [0.29, 0.717) is 16.3 Å². The molecule has 0 bridgehead atoms. The first-order chi connectivity index (χ1) is 8.24. The summed E-state index contributed by atoms with van der Waals surface area (Å²) in [5.74, 6) is -1.12. The smallest absolute Gasteiger partial charge is 0.321 e. The van der Waals surface area contributed by atoms with Gasteiger partial charge in [-0.25, -0.2) is 4.39 Å². The fraction of sp³-hybridized carbons (Fsp3) is 0.417. The van der Waals surface area contributed by atoms with E-state index >= 15 is 0 Å². The van der Waals surface area contributed by atoms with E-state index in [9.17, 15) is 9.18 Å². The summed E-state index contributed by atoms with van der Waals surface area (Å²) >= 11 is 6.95. The number of halogens is 2. The Kier molecular flexibility index (Phi) is 5.01. The molecule has 0 aromatic heterocycles. The van der Waals surface area contributed by atoms with Crippen molar-refractivity contribution in [3.63, 3.8) is 0 Å². The van der Waals surface area contributed by atoms with Gasteiger partial charge < -0.3 is 10.8 Å². The van der Waals surface area contributed by atoms with Crippen LogP contribution in [0.2, 0.25) is 5.02 Å². The highest BCUT2D eigenvalue weighted by Gasteiger charge is 2.32. The molecular weight excluding hydrogens is 277 g/mol. The second-order valence-electron chi connectivity index (χ2n) is 4.44. The molecule has 1 rings (SSSR count). The largest absolute Gasteiger partial charge is 0.480 e. The SMILES string of the molecule is CC(C)(SCc1ccc(Cl)cc1F)[C@@H](N)C(=O)O. The molecule has 0 saturated carbocycles. The molecule has 1 aromatic carbocycles. The van der Waals surface area contributed by atoms with Crippen molar-refractivity contribution in [3.05, 3.63) is 34.6 Å². The molecule has 6 heteroatoms. The lowest BCUT2D eigenvalue weighted by Crippen LogP contribution is -2.46. The average Bonchev–Trinajstić information content (AvgIpc) is 2.26. The summed E-state index contributed by atoms with van der Waals surface area (Å²) in [5, 5.41) is 9.21. The van der Waals surface area contributed by atoms with E-state index in [-0.39, 0.29) is 0 Å². The van der Waals surface area contributed by atoms with Gasteiger partial charge in [0, 0.05) is 15.5 Å². The van der Waals surface area contributed by atoms with Crippen LogP contribution in [0.15, 0.2) is 18.2 Å². The predicted molar refractivity (Wildman–Crippen MR) is 72.4 cm³/mol. The van der Waals surface area contributed by atoms with Crippen LogP contribution in [-0.2, 0) is 10.5 Å². The first-order valence-electron chi connectivity index (χ1n) is 5.30. The number of aliphatic carboxylic acids is 1.